The molecule has 4 saturated heterocycles. The van der Waals surface area contributed by atoms with Gasteiger partial charge in [-0.1, -0.05) is 22.0 Å². The van der Waals surface area contributed by atoms with Gasteiger partial charge in [0.1, 0.15) is 11.6 Å². The lowest BCUT2D eigenvalue weighted by atomic mass is 9.70. The largest absolute Gasteiger partial charge is 0.481 e. The molecule has 4 rings (SSSR count). The SMILES string of the molecule is C=CCN(CCN1CCOCC1)C(=O)[C@H]1N(CCCCO)C(=O)[C@@H]2[C@@H](C(=O)O)[C@@H]3O[C@@]21CC3Br. The van der Waals surface area contributed by atoms with Crippen LogP contribution < -0.4 is 0 Å². The summed E-state index contributed by atoms with van der Waals surface area (Å²) in [5.41, 5.74) is -1.17. The molecular formula is C23H34BrN3O7. The number of nitrogens with zero attached hydrogens (tertiary/aromatic N) is 3. The van der Waals surface area contributed by atoms with Gasteiger partial charge in [0.25, 0.3) is 0 Å². The second-order valence-electron chi connectivity index (χ2n) is 9.49. The maximum Gasteiger partial charge on any atom is 0.310 e. The van der Waals surface area contributed by atoms with Crippen molar-refractivity contribution in [1.29, 1.82) is 0 Å². The maximum absolute atomic E-state index is 14.1. The average molecular weight is 544 g/mol. The number of fused-ring (bicyclic) bond motifs is 1. The molecular weight excluding hydrogens is 510 g/mol. The Labute approximate surface area is 208 Å². The van der Waals surface area contributed by atoms with E-state index >= 15 is 0 Å². The van der Waals surface area contributed by atoms with Gasteiger partial charge in [0, 0.05) is 50.7 Å². The maximum atomic E-state index is 14.1. The first-order valence-electron chi connectivity index (χ1n) is 12.0. The van der Waals surface area contributed by atoms with Crippen molar-refractivity contribution in [2.45, 2.75) is 41.8 Å². The van der Waals surface area contributed by atoms with Crippen molar-refractivity contribution < 1.29 is 34.1 Å². The lowest BCUT2D eigenvalue weighted by Crippen LogP contribution is -2.57. The number of carboxylic acid groups (broad SMARTS) is 1. The summed E-state index contributed by atoms with van der Waals surface area (Å²) in [7, 11) is 0. The third-order valence-electron chi connectivity index (χ3n) is 7.57. The fourth-order valence-electron chi connectivity index (χ4n) is 6.03. The Balaban J connectivity index is 1.62. The van der Waals surface area contributed by atoms with Crippen LogP contribution in [0, 0.1) is 11.8 Å². The van der Waals surface area contributed by atoms with Gasteiger partial charge in [0.15, 0.2) is 0 Å². The zero-order chi connectivity index (χ0) is 24.5. The van der Waals surface area contributed by atoms with Gasteiger partial charge >= 0.3 is 5.97 Å². The number of carbonyl (C=O) groups excluding carboxylic acids is 2. The van der Waals surface area contributed by atoms with Gasteiger partial charge in [-0.3, -0.25) is 19.3 Å². The number of aliphatic carboxylic acids is 1. The number of carboxylic acids is 1. The lowest BCUT2D eigenvalue weighted by Gasteiger charge is -2.37. The summed E-state index contributed by atoms with van der Waals surface area (Å²) >= 11 is 3.56. The Morgan fingerprint density at radius 2 is 2.00 bits per heavy atom. The molecule has 0 aromatic rings. The van der Waals surface area contributed by atoms with Gasteiger partial charge < -0.3 is 29.5 Å². The standard InChI is InChI=1S/C23H34BrN3O7/c1-2-5-26(8-7-25-9-12-33-13-10-25)21(30)19-23-14-15(24)18(34-23)16(22(31)32)17(23)20(29)27(19)6-3-4-11-28/h2,15-19,28H,1,3-14H2,(H,31,32)/t15?,16-,17+,18-,19-,23+/m1/s1. The first-order valence-corrected chi connectivity index (χ1v) is 12.9. The molecule has 0 aliphatic carbocycles. The predicted octanol–water partition coefficient (Wildman–Crippen LogP) is -0.0617. The monoisotopic (exact) mass is 543 g/mol. The second kappa shape index (κ2) is 10.6. The molecule has 0 radical (unpaired) electrons. The highest BCUT2D eigenvalue weighted by molar-refractivity contribution is 9.09. The summed E-state index contributed by atoms with van der Waals surface area (Å²) in [4.78, 5) is 45.0. The van der Waals surface area contributed by atoms with Crippen LogP contribution in [0.15, 0.2) is 12.7 Å². The molecule has 11 heteroatoms. The van der Waals surface area contributed by atoms with Gasteiger partial charge in [-0.2, -0.15) is 0 Å². The third kappa shape index (κ3) is 4.41. The van der Waals surface area contributed by atoms with E-state index in [1.54, 1.807) is 11.0 Å². The van der Waals surface area contributed by atoms with E-state index in [1.165, 1.54) is 4.90 Å². The zero-order valence-electron chi connectivity index (χ0n) is 19.3. The third-order valence-corrected chi connectivity index (χ3v) is 8.41. The number of likely N-dealkylation sites (tertiary alicyclic amines) is 1. The molecule has 1 spiro atoms. The quantitative estimate of drug-likeness (QED) is 0.211. The van der Waals surface area contributed by atoms with Gasteiger partial charge in [-0.25, -0.2) is 0 Å². The Hall–Kier alpha value is -1.53. The molecule has 4 fully saturated rings. The summed E-state index contributed by atoms with van der Waals surface area (Å²) in [5, 5.41) is 19.2. The number of hydrogen-bond donors (Lipinski definition) is 2. The minimum absolute atomic E-state index is 0.0167. The van der Waals surface area contributed by atoms with Gasteiger partial charge in [-0.15, -0.1) is 6.58 Å². The number of halogens is 1. The molecule has 0 aromatic carbocycles. The fourth-order valence-corrected chi connectivity index (χ4v) is 6.98. The number of aliphatic hydroxyl groups excluding tert-OH is 1. The highest BCUT2D eigenvalue weighted by Gasteiger charge is 2.76. The Kier molecular flexibility index (Phi) is 7.98. The van der Waals surface area contributed by atoms with E-state index in [2.05, 4.69) is 27.4 Å². The van der Waals surface area contributed by atoms with Gasteiger partial charge in [-0.05, 0) is 19.3 Å². The number of rotatable bonds is 11. The van der Waals surface area contributed by atoms with E-state index in [1.807, 2.05) is 0 Å². The van der Waals surface area contributed by atoms with E-state index in [9.17, 15) is 24.6 Å². The number of amides is 2. The van der Waals surface area contributed by atoms with Crippen molar-refractivity contribution in [3.05, 3.63) is 12.7 Å². The van der Waals surface area contributed by atoms with Crippen LogP contribution in [0.4, 0.5) is 0 Å². The average Bonchev–Trinajstić information content (AvgIpc) is 3.41. The molecule has 0 saturated carbocycles. The van der Waals surface area contributed by atoms with Crippen LogP contribution in [0.1, 0.15) is 19.3 Å². The van der Waals surface area contributed by atoms with Crippen molar-refractivity contribution >= 4 is 33.7 Å². The summed E-state index contributed by atoms with van der Waals surface area (Å²) < 4.78 is 11.7. The molecule has 2 bridgehead atoms. The smallest absolute Gasteiger partial charge is 0.310 e. The Bertz CT molecular complexity index is 807. The number of morpholine rings is 1. The Morgan fingerprint density at radius 1 is 1.26 bits per heavy atom. The number of aliphatic hydroxyl groups is 1. The fraction of sp³-hybridized carbons (Fsp3) is 0.783. The summed E-state index contributed by atoms with van der Waals surface area (Å²) in [5.74, 6) is -3.54. The molecule has 190 valence electrons. The van der Waals surface area contributed by atoms with E-state index in [0.717, 1.165) is 13.1 Å². The predicted molar refractivity (Wildman–Crippen MR) is 125 cm³/mol. The zero-order valence-corrected chi connectivity index (χ0v) is 20.9. The van der Waals surface area contributed by atoms with E-state index in [-0.39, 0.29) is 29.8 Å². The number of carbonyl (C=O) groups is 3. The molecule has 4 heterocycles. The molecule has 10 nitrogen and oxygen atoms in total. The first-order chi connectivity index (χ1) is 16.4. The molecule has 4 aliphatic heterocycles. The van der Waals surface area contributed by atoms with Crippen molar-refractivity contribution in [2.75, 3.05) is 59.1 Å². The van der Waals surface area contributed by atoms with Gasteiger partial charge in [0.05, 0.1) is 31.2 Å². The topological polar surface area (TPSA) is 120 Å². The first kappa shape index (κ1) is 25.6. The normalized spacial score (nSPS) is 34.9. The molecule has 0 aromatic heterocycles. The van der Waals surface area contributed by atoms with Crippen molar-refractivity contribution in [3.63, 3.8) is 0 Å². The molecule has 2 N–H and O–H groups in total. The van der Waals surface area contributed by atoms with Crippen LogP contribution in [0.25, 0.3) is 0 Å². The summed E-state index contributed by atoms with van der Waals surface area (Å²) in [6.45, 7) is 8.44. The van der Waals surface area contributed by atoms with Crippen molar-refractivity contribution in [2.24, 2.45) is 11.8 Å². The van der Waals surface area contributed by atoms with E-state index in [0.29, 0.717) is 52.1 Å². The minimum atomic E-state index is -1.17. The van der Waals surface area contributed by atoms with E-state index < -0.39 is 35.6 Å². The molecule has 2 amide bonds. The van der Waals surface area contributed by atoms with E-state index in [4.69, 9.17) is 9.47 Å². The van der Waals surface area contributed by atoms with Crippen molar-refractivity contribution in [3.8, 4) is 0 Å². The highest BCUT2D eigenvalue weighted by atomic mass is 79.9. The van der Waals surface area contributed by atoms with Crippen LogP contribution in [0.5, 0.6) is 0 Å². The van der Waals surface area contributed by atoms with Crippen LogP contribution in [0.2, 0.25) is 0 Å². The van der Waals surface area contributed by atoms with Crippen LogP contribution in [-0.4, -0.2) is 124 Å². The van der Waals surface area contributed by atoms with Crippen LogP contribution >= 0.6 is 15.9 Å². The number of hydrogen-bond acceptors (Lipinski definition) is 7. The van der Waals surface area contributed by atoms with Crippen LogP contribution in [-0.2, 0) is 23.9 Å². The highest BCUT2D eigenvalue weighted by Crippen LogP contribution is 2.60. The molecule has 34 heavy (non-hydrogen) atoms. The molecule has 1 unspecified atom stereocenters. The molecule has 6 atom stereocenters. The Morgan fingerprint density at radius 3 is 2.65 bits per heavy atom. The second-order valence-corrected chi connectivity index (χ2v) is 10.7. The lowest BCUT2D eigenvalue weighted by molar-refractivity contribution is -0.150. The summed E-state index contributed by atoms with van der Waals surface area (Å²) in [6.07, 6.45) is 2.42. The van der Waals surface area contributed by atoms with Crippen molar-refractivity contribution in [1.82, 2.24) is 14.7 Å². The summed E-state index contributed by atoms with van der Waals surface area (Å²) in [6, 6.07) is -0.900. The van der Waals surface area contributed by atoms with Crippen LogP contribution in [0.3, 0.4) is 0 Å². The number of unbranched alkanes of at least 4 members (excludes halogenated alkanes) is 1. The number of alkyl halides is 1. The number of ether oxygens (including phenoxy) is 2. The van der Waals surface area contributed by atoms with Gasteiger partial charge in [0.2, 0.25) is 11.8 Å². The minimum Gasteiger partial charge on any atom is -0.481 e. The molecule has 4 aliphatic rings.